The quantitative estimate of drug-likeness (QED) is 0.335. The molecule has 9 nitrogen and oxygen atoms in total. The van der Waals surface area contributed by atoms with Crippen molar-refractivity contribution in [2.45, 2.75) is 59.2 Å². The Labute approximate surface area is 215 Å². The Morgan fingerprint density at radius 1 is 1.05 bits per heavy atom. The van der Waals surface area contributed by atoms with E-state index >= 15 is 0 Å². The molecule has 4 aromatic rings. The van der Waals surface area contributed by atoms with E-state index in [0.29, 0.717) is 40.2 Å². The maximum atomic E-state index is 14.0. The molecule has 0 aliphatic heterocycles. The van der Waals surface area contributed by atoms with Gasteiger partial charge in [0.05, 0.1) is 5.52 Å². The van der Waals surface area contributed by atoms with E-state index in [1.54, 1.807) is 43.3 Å². The van der Waals surface area contributed by atoms with E-state index in [4.69, 9.17) is 4.42 Å². The lowest BCUT2D eigenvalue weighted by Gasteiger charge is -2.33. The van der Waals surface area contributed by atoms with E-state index in [1.165, 1.54) is 16.5 Å². The molecular weight excluding hydrogens is 470 g/mol. The second-order valence-corrected chi connectivity index (χ2v) is 9.68. The molecule has 1 N–H and O–H groups in total. The Balaban J connectivity index is 1.81. The summed E-state index contributed by atoms with van der Waals surface area (Å²) in [5, 5.41) is 11.4. The smallest absolute Gasteiger partial charge is 0.251 e. The molecule has 0 saturated heterocycles. The van der Waals surface area contributed by atoms with Gasteiger partial charge >= 0.3 is 0 Å². The summed E-state index contributed by atoms with van der Waals surface area (Å²) in [5.41, 5.74) is 1.80. The van der Waals surface area contributed by atoms with Crippen LogP contribution in [-0.2, 0) is 16.1 Å². The number of Topliss-reactive ketones (excluding diaryl/α,β-unsaturated/α-hetero) is 1. The van der Waals surface area contributed by atoms with Crippen LogP contribution in [0.1, 0.15) is 62.0 Å². The molecule has 9 heteroatoms. The minimum absolute atomic E-state index is 0.0980. The summed E-state index contributed by atoms with van der Waals surface area (Å²) in [6.07, 6.45) is 0.689. The summed E-state index contributed by atoms with van der Waals surface area (Å²) in [6, 6.07) is 16.3. The van der Waals surface area contributed by atoms with Gasteiger partial charge < -0.3 is 9.73 Å². The topological polar surface area (TPSA) is 110 Å². The van der Waals surface area contributed by atoms with Crippen LogP contribution in [0.25, 0.3) is 11.0 Å². The van der Waals surface area contributed by atoms with Gasteiger partial charge in [-0.1, -0.05) is 24.3 Å². The number of para-hydroxylation sites is 1. The van der Waals surface area contributed by atoms with Crippen LogP contribution in [0.3, 0.4) is 0 Å². The average Bonchev–Trinajstić information content (AvgIpc) is 3.48. The summed E-state index contributed by atoms with van der Waals surface area (Å²) in [5.74, 6) is 0.0704. The van der Waals surface area contributed by atoms with E-state index in [0.717, 1.165) is 0 Å². The third kappa shape index (κ3) is 5.61. The Kier molecular flexibility index (Phi) is 7.24. The molecule has 0 spiro atoms. The number of aryl methyl sites for hydroxylation is 1. The van der Waals surface area contributed by atoms with Crippen molar-refractivity contribution in [3.8, 4) is 0 Å². The fraction of sp³-hybridized carbons (Fsp3) is 0.321. The molecule has 2 amide bonds. The third-order valence-corrected chi connectivity index (χ3v) is 6.41. The lowest BCUT2D eigenvalue weighted by Crippen LogP contribution is -2.51. The van der Waals surface area contributed by atoms with Gasteiger partial charge in [-0.2, -0.15) is 0 Å². The number of carbonyl (C=O) groups is 3. The van der Waals surface area contributed by atoms with Gasteiger partial charge in [0.25, 0.3) is 5.91 Å². The van der Waals surface area contributed by atoms with Crippen molar-refractivity contribution in [2.24, 2.45) is 0 Å². The number of carbonyl (C=O) groups excluding carboxylic acids is 3. The molecule has 0 bridgehead atoms. The Hall–Kier alpha value is -4.27. The molecule has 0 saturated carbocycles. The first-order valence-corrected chi connectivity index (χ1v) is 12.2. The van der Waals surface area contributed by atoms with Crippen molar-refractivity contribution in [3.63, 3.8) is 0 Å². The molecule has 0 unspecified atom stereocenters. The molecule has 0 aliphatic carbocycles. The number of fused-ring (bicyclic) bond motifs is 1. The predicted molar refractivity (Wildman–Crippen MR) is 140 cm³/mol. The summed E-state index contributed by atoms with van der Waals surface area (Å²) >= 11 is 0. The number of ketones is 1. The number of nitrogens with zero attached hydrogens (tertiary/aromatic N) is 4. The van der Waals surface area contributed by atoms with Crippen LogP contribution < -0.4 is 10.2 Å². The van der Waals surface area contributed by atoms with E-state index in [1.807, 2.05) is 45.0 Å². The number of amides is 2. The monoisotopic (exact) mass is 501 g/mol. The highest BCUT2D eigenvalue weighted by molar-refractivity contribution is 6.02. The highest BCUT2D eigenvalue weighted by Crippen LogP contribution is 2.31. The normalized spacial score (nSPS) is 12.4. The number of benzene rings is 2. The molecule has 4 rings (SSSR count). The number of rotatable bonds is 9. The summed E-state index contributed by atoms with van der Waals surface area (Å²) < 4.78 is 7.40. The van der Waals surface area contributed by atoms with Crippen LogP contribution in [0, 0.1) is 6.92 Å². The van der Waals surface area contributed by atoms with Gasteiger partial charge in [-0.15, -0.1) is 5.10 Å². The molecule has 192 valence electrons. The molecule has 2 aromatic heterocycles. The zero-order valence-corrected chi connectivity index (χ0v) is 21.7. The molecule has 0 radical (unpaired) electrons. The van der Waals surface area contributed by atoms with Gasteiger partial charge in [0.2, 0.25) is 5.91 Å². The van der Waals surface area contributed by atoms with Gasteiger partial charge in [0.1, 0.15) is 23.6 Å². The molecule has 0 aliphatic rings. The van der Waals surface area contributed by atoms with Crippen molar-refractivity contribution in [2.75, 3.05) is 4.90 Å². The van der Waals surface area contributed by atoms with Crippen LogP contribution >= 0.6 is 0 Å². The molecule has 2 heterocycles. The van der Waals surface area contributed by atoms with Gasteiger partial charge in [-0.3, -0.25) is 19.3 Å². The lowest BCUT2D eigenvalue weighted by atomic mass is 10.0. The summed E-state index contributed by atoms with van der Waals surface area (Å²) in [6.45, 7) is 8.92. The van der Waals surface area contributed by atoms with Crippen LogP contribution in [0.15, 0.2) is 65.1 Å². The van der Waals surface area contributed by atoms with Crippen molar-refractivity contribution in [1.82, 2.24) is 20.3 Å². The van der Waals surface area contributed by atoms with E-state index in [9.17, 15) is 14.4 Å². The van der Waals surface area contributed by atoms with Gasteiger partial charge in [-0.25, -0.2) is 4.68 Å². The first-order chi connectivity index (χ1) is 17.6. The molecular formula is C28H31N5O4. The van der Waals surface area contributed by atoms with Crippen LogP contribution in [0.5, 0.6) is 0 Å². The predicted octanol–water partition coefficient (Wildman–Crippen LogP) is 4.61. The van der Waals surface area contributed by atoms with E-state index < -0.39 is 17.5 Å². The SMILES string of the molecule is CCC(C)(C)NC(=O)[C@@H](c1ccc(C)o1)N(C(=O)Cn1nnc2ccccc21)c1ccc(C(C)=O)cc1. The highest BCUT2D eigenvalue weighted by atomic mass is 16.3. The van der Waals surface area contributed by atoms with Crippen LogP contribution in [0.4, 0.5) is 5.69 Å². The fourth-order valence-electron chi connectivity index (χ4n) is 4.00. The van der Waals surface area contributed by atoms with Gasteiger partial charge in [0.15, 0.2) is 11.8 Å². The van der Waals surface area contributed by atoms with Crippen molar-refractivity contribution in [1.29, 1.82) is 0 Å². The largest absolute Gasteiger partial charge is 0.464 e. The van der Waals surface area contributed by atoms with Crippen LogP contribution in [-0.4, -0.2) is 38.1 Å². The summed E-state index contributed by atoms with van der Waals surface area (Å²) in [4.78, 5) is 41.0. The van der Waals surface area contributed by atoms with Crippen molar-refractivity contribution < 1.29 is 18.8 Å². The highest BCUT2D eigenvalue weighted by Gasteiger charge is 2.37. The van der Waals surface area contributed by atoms with Gasteiger partial charge in [-0.05, 0) is 82.6 Å². The Morgan fingerprint density at radius 3 is 2.38 bits per heavy atom. The number of nitrogens with one attached hydrogen (secondary N) is 1. The number of anilines is 1. The van der Waals surface area contributed by atoms with E-state index in [2.05, 4.69) is 15.6 Å². The maximum absolute atomic E-state index is 14.0. The number of furan rings is 1. The first kappa shape index (κ1) is 25.8. The third-order valence-electron chi connectivity index (χ3n) is 6.41. The standard InChI is InChI=1S/C28H31N5O4/c1-6-28(4,5)29-27(36)26(24-16-11-18(2)37-24)33(21-14-12-20(13-15-21)19(3)34)25(35)17-32-23-10-8-7-9-22(23)30-31-32/h7-16,26H,6,17H2,1-5H3,(H,29,36)/t26-/m1/s1. The Morgan fingerprint density at radius 2 is 1.76 bits per heavy atom. The second-order valence-electron chi connectivity index (χ2n) is 9.68. The molecule has 37 heavy (non-hydrogen) atoms. The fourth-order valence-corrected chi connectivity index (χ4v) is 4.00. The Bertz CT molecular complexity index is 1430. The second kappa shape index (κ2) is 10.4. The summed E-state index contributed by atoms with van der Waals surface area (Å²) in [7, 11) is 0. The first-order valence-electron chi connectivity index (χ1n) is 12.2. The van der Waals surface area contributed by atoms with Crippen LogP contribution in [0.2, 0.25) is 0 Å². The van der Waals surface area contributed by atoms with E-state index in [-0.39, 0.29) is 18.2 Å². The molecule has 2 aromatic carbocycles. The van der Waals surface area contributed by atoms with Gasteiger partial charge in [0, 0.05) is 16.8 Å². The molecule has 0 fully saturated rings. The lowest BCUT2D eigenvalue weighted by molar-refractivity contribution is -0.128. The maximum Gasteiger partial charge on any atom is 0.251 e. The number of hydrogen-bond donors (Lipinski definition) is 1. The minimum atomic E-state index is -1.09. The van der Waals surface area contributed by atoms with Crippen molar-refractivity contribution in [3.05, 3.63) is 77.7 Å². The average molecular weight is 502 g/mol. The molecule has 1 atom stereocenters. The number of aromatic nitrogens is 3. The zero-order valence-electron chi connectivity index (χ0n) is 21.7. The van der Waals surface area contributed by atoms with Crippen molar-refractivity contribution >= 4 is 34.3 Å². The number of hydrogen-bond acceptors (Lipinski definition) is 6. The zero-order chi connectivity index (χ0) is 26.7. The minimum Gasteiger partial charge on any atom is -0.464 e.